The zero-order valence-electron chi connectivity index (χ0n) is 16.1. The number of alkyl halides is 1. The average Bonchev–Trinajstić information content (AvgIpc) is 3.33. The van der Waals surface area contributed by atoms with Crippen molar-refractivity contribution < 1.29 is 13.6 Å². The van der Waals surface area contributed by atoms with Crippen molar-refractivity contribution in [3.8, 4) is 6.07 Å². The predicted octanol–water partition coefficient (Wildman–Crippen LogP) is 2.68. The molecule has 1 fully saturated rings. The molecule has 1 aliphatic rings. The van der Waals surface area contributed by atoms with Crippen molar-refractivity contribution in [1.29, 1.82) is 5.26 Å². The van der Waals surface area contributed by atoms with E-state index in [9.17, 15) is 13.6 Å². The van der Waals surface area contributed by atoms with E-state index in [0.717, 1.165) is 0 Å². The minimum atomic E-state index is -0.784. The van der Waals surface area contributed by atoms with Crippen LogP contribution >= 0.6 is 0 Å². The van der Waals surface area contributed by atoms with Crippen LogP contribution in [0.25, 0.3) is 5.65 Å². The van der Waals surface area contributed by atoms with Gasteiger partial charge in [0.15, 0.2) is 5.65 Å². The Kier molecular flexibility index (Phi) is 6.02. The number of amides is 1. The van der Waals surface area contributed by atoms with E-state index in [2.05, 4.69) is 10.1 Å². The SMILES string of the molecule is CN(C)C(=O)c1cccc(F)c1.N#Cc1cnn2ccc(N3CCC(F)C3)nc12. The van der Waals surface area contributed by atoms with Crippen molar-refractivity contribution >= 4 is 17.4 Å². The second kappa shape index (κ2) is 8.65. The third-order valence-electron chi connectivity index (χ3n) is 4.41. The van der Waals surface area contributed by atoms with Crippen molar-refractivity contribution in [3.63, 3.8) is 0 Å². The lowest BCUT2D eigenvalue weighted by Gasteiger charge is -2.15. The third kappa shape index (κ3) is 4.66. The maximum Gasteiger partial charge on any atom is 0.253 e. The first-order valence-electron chi connectivity index (χ1n) is 8.99. The number of rotatable bonds is 2. The fourth-order valence-corrected chi connectivity index (χ4v) is 2.92. The van der Waals surface area contributed by atoms with E-state index in [1.807, 2.05) is 11.0 Å². The molecule has 0 spiro atoms. The molecule has 2 aromatic heterocycles. The summed E-state index contributed by atoms with van der Waals surface area (Å²) in [6.45, 7) is 1.04. The molecule has 0 aliphatic carbocycles. The third-order valence-corrected chi connectivity index (χ3v) is 4.41. The largest absolute Gasteiger partial charge is 0.353 e. The van der Waals surface area contributed by atoms with E-state index in [0.29, 0.717) is 42.1 Å². The highest BCUT2D eigenvalue weighted by Crippen LogP contribution is 2.21. The first kappa shape index (κ1) is 20.2. The summed E-state index contributed by atoms with van der Waals surface area (Å²) in [5.74, 6) is 0.131. The number of fused-ring (bicyclic) bond motifs is 1. The van der Waals surface area contributed by atoms with E-state index in [1.165, 1.54) is 29.3 Å². The van der Waals surface area contributed by atoms with Gasteiger partial charge >= 0.3 is 0 Å². The minimum Gasteiger partial charge on any atom is -0.353 e. The van der Waals surface area contributed by atoms with Gasteiger partial charge in [0.1, 0.15) is 29.4 Å². The van der Waals surface area contributed by atoms with Crippen LogP contribution in [0.4, 0.5) is 14.6 Å². The van der Waals surface area contributed by atoms with Crippen LogP contribution in [0.1, 0.15) is 22.3 Å². The van der Waals surface area contributed by atoms with Crippen LogP contribution in [0.2, 0.25) is 0 Å². The summed E-state index contributed by atoms with van der Waals surface area (Å²) < 4.78 is 27.3. The maximum absolute atomic E-state index is 13.1. The Labute approximate surface area is 166 Å². The van der Waals surface area contributed by atoms with E-state index in [4.69, 9.17) is 5.26 Å². The monoisotopic (exact) mass is 398 g/mol. The second-order valence-electron chi connectivity index (χ2n) is 6.77. The lowest BCUT2D eigenvalue weighted by molar-refractivity contribution is 0.0827. The summed E-state index contributed by atoms with van der Waals surface area (Å²) in [5.41, 5.74) is 1.33. The molecule has 7 nitrogen and oxygen atoms in total. The highest BCUT2D eigenvalue weighted by molar-refractivity contribution is 5.93. The highest BCUT2D eigenvalue weighted by Gasteiger charge is 2.23. The van der Waals surface area contributed by atoms with Crippen LogP contribution < -0.4 is 4.90 Å². The molecule has 0 saturated carbocycles. The van der Waals surface area contributed by atoms with Crippen molar-refractivity contribution in [2.75, 3.05) is 32.1 Å². The molecule has 4 rings (SSSR count). The molecular weight excluding hydrogens is 378 g/mol. The zero-order chi connectivity index (χ0) is 21.0. The van der Waals surface area contributed by atoms with Gasteiger partial charge in [0, 0.05) is 32.4 Å². The normalized spacial score (nSPS) is 15.6. The van der Waals surface area contributed by atoms with Gasteiger partial charge in [-0.25, -0.2) is 18.3 Å². The lowest BCUT2D eigenvalue weighted by Crippen LogP contribution is -2.21. The Morgan fingerprint density at radius 3 is 2.76 bits per heavy atom. The number of carbonyl (C=O) groups excluding carboxylic acids is 1. The van der Waals surface area contributed by atoms with E-state index in [-0.39, 0.29) is 11.7 Å². The first-order chi connectivity index (χ1) is 13.9. The minimum absolute atomic E-state index is 0.186. The average molecular weight is 398 g/mol. The molecule has 1 amide bonds. The Morgan fingerprint density at radius 2 is 2.14 bits per heavy atom. The summed E-state index contributed by atoms with van der Waals surface area (Å²) in [5, 5.41) is 12.9. The van der Waals surface area contributed by atoms with Gasteiger partial charge in [-0.05, 0) is 30.7 Å². The van der Waals surface area contributed by atoms with Gasteiger partial charge in [0.25, 0.3) is 5.91 Å². The number of hydrogen-bond donors (Lipinski definition) is 0. The number of halogens is 2. The van der Waals surface area contributed by atoms with Crippen molar-refractivity contribution in [1.82, 2.24) is 19.5 Å². The number of carbonyl (C=O) groups is 1. The van der Waals surface area contributed by atoms with Gasteiger partial charge in [-0.2, -0.15) is 10.4 Å². The molecule has 150 valence electrons. The molecule has 1 saturated heterocycles. The number of benzene rings is 1. The molecule has 1 aromatic carbocycles. The number of anilines is 1. The Bertz CT molecular complexity index is 1060. The number of aromatic nitrogens is 3. The van der Waals surface area contributed by atoms with Gasteiger partial charge in [-0.1, -0.05) is 6.07 Å². The summed E-state index contributed by atoms with van der Waals surface area (Å²) in [6.07, 6.45) is 2.98. The number of nitrogens with zero attached hydrogens (tertiary/aromatic N) is 6. The molecule has 1 atom stereocenters. The summed E-state index contributed by atoms with van der Waals surface area (Å²) in [6, 6.07) is 9.47. The summed E-state index contributed by atoms with van der Waals surface area (Å²) in [7, 11) is 3.26. The summed E-state index contributed by atoms with van der Waals surface area (Å²) in [4.78, 5) is 18.9. The molecule has 1 unspecified atom stereocenters. The van der Waals surface area contributed by atoms with Gasteiger partial charge in [-0.3, -0.25) is 4.79 Å². The van der Waals surface area contributed by atoms with Crippen LogP contribution in [0.15, 0.2) is 42.7 Å². The number of nitriles is 1. The van der Waals surface area contributed by atoms with Gasteiger partial charge in [0.05, 0.1) is 12.7 Å². The smallest absolute Gasteiger partial charge is 0.253 e. The van der Waals surface area contributed by atoms with Gasteiger partial charge in [0.2, 0.25) is 0 Å². The molecule has 29 heavy (non-hydrogen) atoms. The quantitative estimate of drug-likeness (QED) is 0.663. The van der Waals surface area contributed by atoms with E-state index < -0.39 is 6.17 Å². The molecular formula is C20H20F2N6O. The molecule has 3 aromatic rings. The van der Waals surface area contributed by atoms with Crippen LogP contribution in [-0.4, -0.2) is 58.8 Å². The lowest BCUT2D eigenvalue weighted by atomic mass is 10.2. The van der Waals surface area contributed by atoms with E-state index >= 15 is 0 Å². The molecule has 0 N–H and O–H groups in total. The Hall–Kier alpha value is -3.54. The van der Waals surface area contributed by atoms with Crippen molar-refractivity contribution in [2.45, 2.75) is 12.6 Å². The molecule has 0 bridgehead atoms. The predicted molar refractivity (Wildman–Crippen MR) is 104 cm³/mol. The van der Waals surface area contributed by atoms with Crippen LogP contribution in [-0.2, 0) is 0 Å². The standard InChI is InChI=1S/C11H10FN5.C9H10FNO/c12-9-1-3-16(7-9)10-2-4-17-11(15-10)8(5-13)6-14-17;1-11(2)9(12)7-4-3-5-8(10)6-7/h2,4,6,9H,1,3,7H2;3-6H,1-2H3. The maximum atomic E-state index is 13.1. The Balaban J connectivity index is 0.000000177. The first-order valence-corrected chi connectivity index (χ1v) is 8.99. The van der Waals surface area contributed by atoms with Gasteiger partial charge in [-0.15, -0.1) is 0 Å². The number of hydrogen-bond acceptors (Lipinski definition) is 5. The van der Waals surface area contributed by atoms with Crippen LogP contribution in [0, 0.1) is 17.1 Å². The van der Waals surface area contributed by atoms with Crippen molar-refractivity contribution in [2.24, 2.45) is 0 Å². The van der Waals surface area contributed by atoms with Gasteiger partial charge < -0.3 is 9.80 Å². The molecule has 0 radical (unpaired) electrons. The second-order valence-corrected chi connectivity index (χ2v) is 6.77. The highest BCUT2D eigenvalue weighted by atomic mass is 19.1. The fraction of sp³-hybridized carbons (Fsp3) is 0.300. The zero-order valence-corrected chi connectivity index (χ0v) is 16.1. The van der Waals surface area contributed by atoms with Crippen molar-refractivity contribution in [3.05, 3.63) is 59.7 Å². The van der Waals surface area contributed by atoms with E-state index in [1.54, 1.807) is 36.9 Å². The Morgan fingerprint density at radius 1 is 1.34 bits per heavy atom. The molecule has 9 heteroatoms. The molecule has 3 heterocycles. The topological polar surface area (TPSA) is 77.5 Å². The molecule has 1 aliphatic heterocycles. The fourth-order valence-electron chi connectivity index (χ4n) is 2.92. The summed E-state index contributed by atoms with van der Waals surface area (Å²) >= 11 is 0. The van der Waals surface area contributed by atoms with Crippen LogP contribution in [0.3, 0.4) is 0 Å². The van der Waals surface area contributed by atoms with Crippen LogP contribution in [0.5, 0.6) is 0 Å².